The standard InChI is InChI=1S/C12H15BrO3/c1-8(12(14)15)5-10-6-11(13)4-3-9(10)7-16-2/h3-4,6,8H,5,7H2,1-2H3,(H,14,15). The van der Waals surface area contributed by atoms with E-state index in [2.05, 4.69) is 15.9 Å². The van der Waals surface area contributed by atoms with Crippen molar-refractivity contribution in [1.29, 1.82) is 0 Å². The second-order valence-electron chi connectivity index (χ2n) is 3.79. The van der Waals surface area contributed by atoms with Gasteiger partial charge in [0, 0.05) is 11.6 Å². The number of hydrogen-bond acceptors (Lipinski definition) is 2. The predicted octanol–water partition coefficient (Wildman–Crippen LogP) is 2.86. The maximum absolute atomic E-state index is 10.8. The van der Waals surface area contributed by atoms with E-state index in [-0.39, 0.29) is 5.92 Å². The Labute approximate surface area is 104 Å². The minimum Gasteiger partial charge on any atom is -0.481 e. The van der Waals surface area contributed by atoms with E-state index in [9.17, 15) is 4.79 Å². The van der Waals surface area contributed by atoms with Gasteiger partial charge < -0.3 is 9.84 Å². The molecule has 4 heteroatoms. The summed E-state index contributed by atoms with van der Waals surface area (Å²) in [5.74, 6) is -1.16. The van der Waals surface area contributed by atoms with Gasteiger partial charge in [0.05, 0.1) is 12.5 Å². The van der Waals surface area contributed by atoms with Crippen molar-refractivity contribution in [3.8, 4) is 0 Å². The number of benzene rings is 1. The molecule has 88 valence electrons. The van der Waals surface area contributed by atoms with Crippen LogP contribution in [-0.4, -0.2) is 18.2 Å². The maximum Gasteiger partial charge on any atom is 0.306 e. The fraction of sp³-hybridized carbons (Fsp3) is 0.417. The molecule has 1 rings (SSSR count). The lowest BCUT2D eigenvalue weighted by Crippen LogP contribution is -2.13. The normalized spacial score (nSPS) is 12.4. The van der Waals surface area contributed by atoms with Crippen molar-refractivity contribution < 1.29 is 14.6 Å². The monoisotopic (exact) mass is 286 g/mol. The van der Waals surface area contributed by atoms with Gasteiger partial charge in [-0.2, -0.15) is 0 Å². The molecule has 3 nitrogen and oxygen atoms in total. The third-order valence-electron chi connectivity index (χ3n) is 2.42. The molecule has 0 bridgehead atoms. The Morgan fingerprint density at radius 1 is 1.50 bits per heavy atom. The summed E-state index contributed by atoms with van der Waals surface area (Å²) in [4.78, 5) is 10.8. The molecule has 0 amide bonds. The van der Waals surface area contributed by atoms with Gasteiger partial charge in [-0.1, -0.05) is 28.9 Å². The molecular weight excluding hydrogens is 272 g/mol. The van der Waals surface area contributed by atoms with Crippen molar-refractivity contribution in [2.45, 2.75) is 20.0 Å². The lowest BCUT2D eigenvalue weighted by molar-refractivity contribution is -0.141. The summed E-state index contributed by atoms with van der Waals surface area (Å²) in [6.45, 7) is 2.22. The largest absolute Gasteiger partial charge is 0.481 e. The highest BCUT2D eigenvalue weighted by Gasteiger charge is 2.14. The minimum absolute atomic E-state index is 0.384. The number of methoxy groups -OCH3 is 1. The second kappa shape index (κ2) is 6.01. The van der Waals surface area contributed by atoms with Crippen LogP contribution < -0.4 is 0 Å². The molecule has 0 saturated heterocycles. The summed E-state index contributed by atoms with van der Waals surface area (Å²) < 4.78 is 6.05. The molecule has 0 fully saturated rings. The van der Waals surface area contributed by atoms with Gasteiger partial charge in [0.1, 0.15) is 0 Å². The zero-order chi connectivity index (χ0) is 12.1. The number of carbonyl (C=O) groups is 1. The van der Waals surface area contributed by atoms with Gasteiger partial charge >= 0.3 is 5.97 Å². The first-order valence-electron chi connectivity index (χ1n) is 5.03. The van der Waals surface area contributed by atoms with Crippen LogP contribution in [0.15, 0.2) is 22.7 Å². The highest BCUT2D eigenvalue weighted by molar-refractivity contribution is 9.10. The summed E-state index contributed by atoms with van der Waals surface area (Å²) in [6.07, 6.45) is 0.521. The number of ether oxygens (including phenoxy) is 1. The van der Waals surface area contributed by atoms with Gasteiger partial charge in [0.25, 0.3) is 0 Å². The Morgan fingerprint density at radius 2 is 2.19 bits per heavy atom. The van der Waals surface area contributed by atoms with E-state index in [1.165, 1.54) is 0 Å². The fourth-order valence-corrected chi connectivity index (χ4v) is 1.91. The average Bonchev–Trinajstić information content (AvgIpc) is 2.22. The van der Waals surface area contributed by atoms with Gasteiger partial charge in [-0.3, -0.25) is 4.79 Å². The molecule has 0 aromatic heterocycles. The molecule has 1 N–H and O–H groups in total. The lowest BCUT2D eigenvalue weighted by atomic mass is 9.97. The SMILES string of the molecule is COCc1ccc(Br)cc1CC(C)C(=O)O. The van der Waals surface area contributed by atoms with Gasteiger partial charge in [0.15, 0.2) is 0 Å². The minimum atomic E-state index is -0.775. The van der Waals surface area contributed by atoms with Crippen LogP contribution in [0.4, 0.5) is 0 Å². The summed E-state index contributed by atoms with van der Waals surface area (Å²) in [5.41, 5.74) is 2.06. The molecule has 1 aromatic carbocycles. The molecule has 16 heavy (non-hydrogen) atoms. The zero-order valence-corrected chi connectivity index (χ0v) is 11.0. The van der Waals surface area contributed by atoms with Crippen LogP contribution in [0, 0.1) is 5.92 Å². The number of carboxylic acid groups (broad SMARTS) is 1. The molecule has 0 aliphatic carbocycles. The van der Waals surface area contributed by atoms with Crippen LogP contribution >= 0.6 is 15.9 Å². The van der Waals surface area contributed by atoms with Crippen LogP contribution in [0.25, 0.3) is 0 Å². The predicted molar refractivity (Wildman–Crippen MR) is 65.4 cm³/mol. The molecule has 0 radical (unpaired) electrons. The number of rotatable bonds is 5. The topological polar surface area (TPSA) is 46.5 Å². The van der Waals surface area contributed by atoms with E-state index >= 15 is 0 Å². The molecule has 0 heterocycles. The smallest absolute Gasteiger partial charge is 0.306 e. The summed E-state index contributed by atoms with van der Waals surface area (Å²) in [6, 6.07) is 5.84. The molecule has 0 saturated carbocycles. The van der Waals surface area contributed by atoms with Crippen molar-refractivity contribution in [3.63, 3.8) is 0 Å². The van der Waals surface area contributed by atoms with Crippen molar-refractivity contribution >= 4 is 21.9 Å². The number of aliphatic carboxylic acids is 1. The van der Waals surface area contributed by atoms with Crippen molar-refractivity contribution in [1.82, 2.24) is 0 Å². The summed E-state index contributed by atoms with van der Waals surface area (Å²) >= 11 is 3.39. The number of hydrogen-bond donors (Lipinski definition) is 1. The molecule has 0 aliphatic rings. The van der Waals surface area contributed by atoms with Crippen LogP contribution in [0.5, 0.6) is 0 Å². The Hall–Kier alpha value is -0.870. The first-order chi connectivity index (χ1) is 7.54. The Bertz CT molecular complexity index is 377. The number of carboxylic acids is 1. The van der Waals surface area contributed by atoms with Crippen molar-refractivity contribution in [2.75, 3.05) is 7.11 Å². The van der Waals surface area contributed by atoms with E-state index in [0.29, 0.717) is 13.0 Å². The van der Waals surface area contributed by atoms with Gasteiger partial charge in [-0.25, -0.2) is 0 Å². The van der Waals surface area contributed by atoms with Gasteiger partial charge in [-0.05, 0) is 29.7 Å². The number of halogens is 1. The quantitative estimate of drug-likeness (QED) is 0.905. The zero-order valence-electron chi connectivity index (χ0n) is 9.37. The maximum atomic E-state index is 10.8. The van der Waals surface area contributed by atoms with E-state index in [4.69, 9.17) is 9.84 Å². The Morgan fingerprint density at radius 3 is 2.75 bits per heavy atom. The molecule has 1 atom stereocenters. The molecule has 0 spiro atoms. The first-order valence-corrected chi connectivity index (χ1v) is 5.83. The van der Waals surface area contributed by atoms with Crippen LogP contribution in [-0.2, 0) is 22.6 Å². The van der Waals surface area contributed by atoms with Crippen LogP contribution in [0.3, 0.4) is 0 Å². The van der Waals surface area contributed by atoms with E-state index < -0.39 is 5.97 Å². The molecule has 1 unspecified atom stereocenters. The van der Waals surface area contributed by atoms with Crippen molar-refractivity contribution in [2.24, 2.45) is 5.92 Å². The summed E-state index contributed by atoms with van der Waals surface area (Å²) in [5, 5.41) is 8.89. The third kappa shape index (κ3) is 3.61. The molecular formula is C12H15BrO3. The van der Waals surface area contributed by atoms with Gasteiger partial charge in [0.2, 0.25) is 0 Å². The first kappa shape index (κ1) is 13.2. The van der Waals surface area contributed by atoms with Crippen LogP contribution in [0.1, 0.15) is 18.1 Å². The Balaban J connectivity index is 2.91. The Kier molecular flexibility index (Phi) is 4.96. The highest BCUT2D eigenvalue weighted by Crippen LogP contribution is 2.20. The third-order valence-corrected chi connectivity index (χ3v) is 2.91. The van der Waals surface area contributed by atoms with E-state index in [0.717, 1.165) is 15.6 Å². The molecule has 0 aliphatic heterocycles. The lowest BCUT2D eigenvalue weighted by Gasteiger charge is -2.12. The van der Waals surface area contributed by atoms with Crippen LogP contribution in [0.2, 0.25) is 0 Å². The van der Waals surface area contributed by atoms with Gasteiger partial charge in [-0.15, -0.1) is 0 Å². The molecule has 1 aromatic rings. The van der Waals surface area contributed by atoms with Crippen molar-refractivity contribution in [3.05, 3.63) is 33.8 Å². The highest BCUT2D eigenvalue weighted by atomic mass is 79.9. The average molecular weight is 287 g/mol. The second-order valence-corrected chi connectivity index (χ2v) is 4.71. The summed E-state index contributed by atoms with van der Waals surface area (Å²) in [7, 11) is 1.63. The van der Waals surface area contributed by atoms with E-state index in [1.54, 1.807) is 14.0 Å². The fourth-order valence-electron chi connectivity index (χ4n) is 1.50. The van der Waals surface area contributed by atoms with E-state index in [1.807, 2.05) is 18.2 Å².